The quantitative estimate of drug-likeness (QED) is 0.367. The highest BCUT2D eigenvalue weighted by molar-refractivity contribution is 5.87. The van der Waals surface area contributed by atoms with Crippen molar-refractivity contribution in [1.82, 2.24) is 5.32 Å². The molecule has 4 rings (SSSR count). The third-order valence-electron chi connectivity index (χ3n) is 5.13. The van der Waals surface area contributed by atoms with Crippen LogP contribution in [0.1, 0.15) is 28.7 Å². The van der Waals surface area contributed by atoms with Crippen molar-refractivity contribution in [3.05, 3.63) is 106 Å². The summed E-state index contributed by atoms with van der Waals surface area (Å²) in [6, 6.07) is 23.5. The first-order valence-electron chi connectivity index (χ1n) is 9.44. The van der Waals surface area contributed by atoms with Crippen molar-refractivity contribution in [2.75, 3.05) is 6.61 Å². The van der Waals surface area contributed by atoms with E-state index in [4.69, 9.17) is 10.3 Å². The number of azide groups is 1. The fourth-order valence-corrected chi connectivity index (χ4v) is 3.79. The van der Waals surface area contributed by atoms with Crippen LogP contribution >= 0.6 is 0 Å². The zero-order valence-electron chi connectivity index (χ0n) is 15.9. The van der Waals surface area contributed by atoms with Crippen molar-refractivity contribution in [2.24, 2.45) is 5.11 Å². The first-order valence-corrected chi connectivity index (χ1v) is 9.44. The van der Waals surface area contributed by atoms with Crippen LogP contribution < -0.4 is 5.32 Å². The number of benzene rings is 3. The number of nitrogens with one attached hydrogen (secondary N) is 1. The molecule has 0 saturated carbocycles. The fourth-order valence-electron chi connectivity index (χ4n) is 3.79. The van der Waals surface area contributed by atoms with E-state index in [0.29, 0.717) is 5.56 Å². The molecule has 0 unspecified atom stereocenters. The van der Waals surface area contributed by atoms with Crippen molar-refractivity contribution in [2.45, 2.75) is 12.0 Å². The van der Waals surface area contributed by atoms with E-state index in [1.165, 1.54) is 0 Å². The predicted molar refractivity (Wildman–Crippen MR) is 112 cm³/mol. The molecular weight excluding hydrogens is 380 g/mol. The Hall–Kier alpha value is -4.09. The highest BCUT2D eigenvalue weighted by atomic mass is 16.5. The Balaban J connectivity index is 1.50. The van der Waals surface area contributed by atoms with Gasteiger partial charge in [-0.2, -0.15) is 0 Å². The number of rotatable bonds is 5. The molecule has 0 aliphatic heterocycles. The molecule has 148 valence electrons. The maximum absolute atomic E-state index is 12.5. The summed E-state index contributed by atoms with van der Waals surface area (Å²) >= 11 is 0. The summed E-state index contributed by atoms with van der Waals surface area (Å²) in [6.07, 6.45) is -0.757. The van der Waals surface area contributed by atoms with Crippen molar-refractivity contribution >= 4 is 12.0 Å². The third kappa shape index (κ3) is 3.74. The van der Waals surface area contributed by atoms with Gasteiger partial charge in [-0.3, -0.25) is 4.79 Å². The molecule has 30 heavy (non-hydrogen) atoms. The lowest BCUT2D eigenvalue weighted by atomic mass is 9.98. The van der Waals surface area contributed by atoms with Gasteiger partial charge in [0.1, 0.15) is 12.6 Å². The highest BCUT2D eigenvalue weighted by Crippen LogP contribution is 2.44. The first-order chi connectivity index (χ1) is 14.7. The molecule has 1 N–H and O–H groups in total. The van der Waals surface area contributed by atoms with Gasteiger partial charge in [-0.1, -0.05) is 78.9 Å². The zero-order valence-corrected chi connectivity index (χ0v) is 15.9. The minimum atomic E-state index is -1.11. The van der Waals surface area contributed by atoms with Crippen LogP contribution in [-0.4, -0.2) is 18.6 Å². The normalized spacial score (nSPS) is 12.8. The minimum absolute atomic E-state index is 0.0915. The van der Waals surface area contributed by atoms with E-state index in [1.807, 2.05) is 36.4 Å². The molecule has 3 aromatic carbocycles. The number of hydrogen-bond donors (Lipinski definition) is 1. The number of nitrogens with zero attached hydrogens (tertiary/aromatic N) is 3. The van der Waals surface area contributed by atoms with Gasteiger partial charge in [0, 0.05) is 10.8 Å². The second-order valence-corrected chi connectivity index (χ2v) is 6.84. The van der Waals surface area contributed by atoms with Gasteiger partial charge in [0.05, 0.1) is 0 Å². The second-order valence-electron chi connectivity index (χ2n) is 6.84. The average Bonchev–Trinajstić information content (AvgIpc) is 3.10. The number of carbonyl (C=O) groups is 2. The summed E-state index contributed by atoms with van der Waals surface area (Å²) in [7, 11) is 0. The Morgan fingerprint density at radius 2 is 1.50 bits per heavy atom. The van der Waals surface area contributed by atoms with Crippen LogP contribution in [0.4, 0.5) is 4.79 Å². The molecule has 7 nitrogen and oxygen atoms in total. The topological polar surface area (TPSA) is 104 Å². The van der Waals surface area contributed by atoms with Crippen molar-refractivity contribution in [3.8, 4) is 11.1 Å². The zero-order chi connectivity index (χ0) is 20.9. The van der Waals surface area contributed by atoms with Gasteiger partial charge in [-0.25, -0.2) is 4.79 Å². The number of alkyl carbamates (subject to hydrolysis) is 1. The van der Waals surface area contributed by atoms with Crippen LogP contribution in [0.3, 0.4) is 0 Å². The Morgan fingerprint density at radius 1 is 0.933 bits per heavy atom. The van der Waals surface area contributed by atoms with Crippen LogP contribution in [0, 0.1) is 0 Å². The largest absolute Gasteiger partial charge is 0.449 e. The van der Waals surface area contributed by atoms with Gasteiger partial charge < -0.3 is 10.1 Å². The Morgan fingerprint density at radius 3 is 2.10 bits per heavy atom. The average molecular weight is 398 g/mol. The maximum Gasteiger partial charge on any atom is 0.408 e. The lowest BCUT2D eigenvalue weighted by Gasteiger charge is -2.18. The first kappa shape index (κ1) is 19.2. The monoisotopic (exact) mass is 398 g/mol. The van der Waals surface area contributed by atoms with E-state index in [2.05, 4.69) is 27.5 Å². The molecular formula is C23H18N4O3. The molecule has 1 atom stereocenters. The predicted octanol–water partition coefficient (Wildman–Crippen LogP) is 5.10. The lowest BCUT2D eigenvalue weighted by Crippen LogP contribution is -2.34. The molecule has 7 heteroatoms. The fraction of sp³-hybridized carbons (Fsp3) is 0.130. The Labute approximate surface area is 172 Å². The molecule has 0 radical (unpaired) electrons. The summed E-state index contributed by atoms with van der Waals surface area (Å²) in [6.45, 7) is 0.122. The van der Waals surface area contributed by atoms with Gasteiger partial charge in [0.15, 0.2) is 0 Å². The minimum Gasteiger partial charge on any atom is -0.449 e. The van der Waals surface area contributed by atoms with Gasteiger partial charge in [0.2, 0.25) is 5.91 Å². The SMILES string of the molecule is [N-]=[N+]=NC(=O)[C@@H](NC(=O)OCC1c2ccccc2-c2ccccc21)c1ccccc1. The summed E-state index contributed by atoms with van der Waals surface area (Å²) in [4.78, 5) is 27.2. The number of hydrogen-bond acceptors (Lipinski definition) is 3. The summed E-state index contributed by atoms with van der Waals surface area (Å²) in [5, 5.41) is 5.64. The highest BCUT2D eigenvalue weighted by Gasteiger charge is 2.29. The molecule has 1 aliphatic rings. The van der Waals surface area contributed by atoms with E-state index in [1.54, 1.807) is 30.3 Å². The van der Waals surface area contributed by atoms with E-state index in [-0.39, 0.29) is 12.5 Å². The molecule has 0 heterocycles. The van der Waals surface area contributed by atoms with E-state index in [9.17, 15) is 9.59 Å². The van der Waals surface area contributed by atoms with Crippen LogP contribution in [-0.2, 0) is 9.53 Å². The Bertz CT molecular complexity index is 1090. The van der Waals surface area contributed by atoms with Crippen molar-refractivity contribution in [1.29, 1.82) is 0 Å². The summed E-state index contributed by atoms with van der Waals surface area (Å²) in [5.41, 5.74) is 13.5. The van der Waals surface area contributed by atoms with Crippen LogP contribution in [0.25, 0.3) is 21.6 Å². The van der Waals surface area contributed by atoms with Gasteiger partial charge in [-0.05, 0) is 38.5 Å². The maximum atomic E-state index is 12.5. The smallest absolute Gasteiger partial charge is 0.408 e. The molecule has 0 fully saturated rings. The van der Waals surface area contributed by atoms with Crippen LogP contribution in [0.15, 0.2) is 84.0 Å². The molecule has 0 saturated heterocycles. The third-order valence-corrected chi connectivity index (χ3v) is 5.13. The van der Waals surface area contributed by atoms with Gasteiger partial charge >= 0.3 is 6.09 Å². The standard InChI is InChI=1S/C23H18N4O3/c24-27-26-22(28)21(15-8-2-1-3-9-15)25-23(29)30-14-20-18-12-6-4-10-16(18)17-11-5-7-13-19(17)20/h1-13,20-21H,14H2,(H,25,29)/t21-/m0/s1. The van der Waals surface area contributed by atoms with Crippen molar-refractivity contribution in [3.63, 3.8) is 0 Å². The van der Waals surface area contributed by atoms with Crippen LogP contribution in [0.2, 0.25) is 0 Å². The van der Waals surface area contributed by atoms with Gasteiger partial charge in [-0.15, -0.1) is 0 Å². The van der Waals surface area contributed by atoms with E-state index >= 15 is 0 Å². The second kappa shape index (κ2) is 8.51. The molecule has 2 amide bonds. The summed E-state index contributed by atoms with van der Waals surface area (Å²) < 4.78 is 5.48. The molecule has 3 aromatic rings. The molecule has 1 aliphatic carbocycles. The number of fused-ring (bicyclic) bond motifs is 3. The number of ether oxygens (including phenoxy) is 1. The summed E-state index contributed by atoms with van der Waals surface area (Å²) in [5.74, 6) is -0.900. The van der Waals surface area contributed by atoms with Crippen LogP contribution in [0.5, 0.6) is 0 Å². The molecule has 0 spiro atoms. The van der Waals surface area contributed by atoms with E-state index in [0.717, 1.165) is 22.3 Å². The lowest BCUT2D eigenvalue weighted by molar-refractivity contribution is -0.120. The van der Waals surface area contributed by atoms with Gasteiger partial charge in [0.25, 0.3) is 0 Å². The Kier molecular flexibility index (Phi) is 5.46. The molecule has 0 bridgehead atoms. The number of carbonyl (C=O) groups excluding carboxylic acids is 2. The van der Waals surface area contributed by atoms with Crippen molar-refractivity contribution < 1.29 is 14.3 Å². The van der Waals surface area contributed by atoms with E-state index < -0.39 is 18.0 Å². The number of amides is 2. The molecule has 0 aromatic heterocycles.